The Bertz CT molecular complexity index is 233. The van der Waals surface area contributed by atoms with Crippen molar-refractivity contribution in [3.63, 3.8) is 0 Å². The van der Waals surface area contributed by atoms with Gasteiger partial charge in [0.2, 0.25) is 0 Å². The van der Waals surface area contributed by atoms with Crippen LogP contribution in [0.1, 0.15) is 12.5 Å². The molecule has 0 aliphatic rings. The molecule has 0 aliphatic carbocycles. The quantitative estimate of drug-likeness (QED) is 0.534. The number of nitrogens with two attached hydrogens (primary N) is 1. The number of anilines is 1. The summed E-state index contributed by atoms with van der Waals surface area (Å²) in [6.07, 6.45) is 0.841. The normalized spacial score (nSPS) is 12.9. The van der Waals surface area contributed by atoms with Crippen LogP contribution in [-0.4, -0.2) is 5.38 Å². The predicted molar refractivity (Wildman–Crippen MR) is 49.9 cm³/mol. The highest BCUT2D eigenvalue weighted by atomic mass is 35.5. The Labute approximate surface area is 72.2 Å². The Balaban J connectivity index is 2.78. The van der Waals surface area contributed by atoms with Gasteiger partial charge in [-0.25, -0.2) is 0 Å². The zero-order valence-corrected chi connectivity index (χ0v) is 7.31. The van der Waals surface area contributed by atoms with E-state index >= 15 is 0 Å². The number of nitrogen functional groups attached to an aromatic ring is 1. The second-order valence-corrected chi connectivity index (χ2v) is 3.43. The van der Waals surface area contributed by atoms with Crippen LogP contribution in [0.25, 0.3) is 0 Å². The van der Waals surface area contributed by atoms with Crippen molar-refractivity contribution in [2.45, 2.75) is 18.7 Å². The number of benzene rings is 1. The molecule has 0 bridgehead atoms. The topological polar surface area (TPSA) is 26.0 Å². The lowest BCUT2D eigenvalue weighted by Gasteiger charge is -2.05. The maximum absolute atomic E-state index is 5.83. The number of hydrogen-bond acceptors (Lipinski definition) is 1. The highest BCUT2D eigenvalue weighted by Gasteiger charge is 2.01. The van der Waals surface area contributed by atoms with Gasteiger partial charge >= 0.3 is 0 Å². The van der Waals surface area contributed by atoms with Crippen molar-refractivity contribution in [1.82, 2.24) is 0 Å². The van der Waals surface area contributed by atoms with E-state index in [9.17, 15) is 0 Å². The van der Waals surface area contributed by atoms with Gasteiger partial charge in [-0.3, -0.25) is 0 Å². The average Bonchev–Trinajstić information content (AvgIpc) is 1.93. The number of para-hydroxylation sites is 1. The number of rotatable bonds is 2. The van der Waals surface area contributed by atoms with Crippen molar-refractivity contribution < 1.29 is 0 Å². The summed E-state index contributed by atoms with van der Waals surface area (Å²) in [5.41, 5.74) is 7.68. The first-order valence-electron chi connectivity index (χ1n) is 3.67. The standard InChI is InChI=1S/C9H12ClN/c1-7(10)6-8-4-2-3-5-9(8)11/h2-5,7H,6,11H2,1H3. The first kappa shape index (κ1) is 8.41. The average molecular weight is 170 g/mol. The molecule has 0 saturated carbocycles. The molecule has 0 spiro atoms. The van der Waals surface area contributed by atoms with E-state index in [2.05, 4.69) is 0 Å². The maximum Gasteiger partial charge on any atom is 0.0348 e. The second kappa shape index (κ2) is 3.63. The third-order valence-electron chi connectivity index (χ3n) is 1.56. The maximum atomic E-state index is 5.83. The third-order valence-corrected chi connectivity index (χ3v) is 1.71. The molecule has 1 atom stereocenters. The lowest BCUT2D eigenvalue weighted by Crippen LogP contribution is -2.00. The van der Waals surface area contributed by atoms with E-state index in [4.69, 9.17) is 17.3 Å². The van der Waals surface area contributed by atoms with E-state index in [1.54, 1.807) is 0 Å². The smallest absolute Gasteiger partial charge is 0.0348 e. The van der Waals surface area contributed by atoms with Gasteiger partial charge in [0, 0.05) is 11.1 Å². The van der Waals surface area contributed by atoms with Crippen molar-refractivity contribution in [2.24, 2.45) is 0 Å². The summed E-state index contributed by atoms with van der Waals surface area (Å²) in [4.78, 5) is 0. The van der Waals surface area contributed by atoms with Crippen LogP contribution in [0, 0.1) is 0 Å². The molecule has 11 heavy (non-hydrogen) atoms. The second-order valence-electron chi connectivity index (χ2n) is 2.68. The van der Waals surface area contributed by atoms with Gasteiger partial charge in [0.1, 0.15) is 0 Å². The van der Waals surface area contributed by atoms with Crippen molar-refractivity contribution >= 4 is 17.3 Å². The minimum absolute atomic E-state index is 0.152. The molecule has 1 aromatic carbocycles. The van der Waals surface area contributed by atoms with Gasteiger partial charge in [0.05, 0.1) is 0 Å². The molecule has 0 heterocycles. The summed E-state index contributed by atoms with van der Waals surface area (Å²) in [6, 6.07) is 7.81. The van der Waals surface area contributed by atoms with Crippen LogP contribution in [0.3, 0.4) is 0 Å². The van der Waals surface area contributed by atoms with Crippen molar-refractivity contribution in [3.05, 3.63) is 29.8 Å². The highest BCUT2D eigenvalue weighted by Crippen LogP contribution is 2.14. The van der Waals surface area contributed by atoms with E-state index in [0.29, 0.717) is 0 Å². The van der Waals surface area contributed by atoms with E-state index in [1.807, 2.05) is 31.2 Å². The van der Waals surface area contributed by atoms with Gasteiger partial charge in [-0.2, -0.15) is 0 Å². The monoisotopic (exact) mass is 169 g/mol. The molecule has 1 nitrogen and oxygen atoms in total. The molecule has 1 aromatic rings. The van der Waals surface area contributed by atoms with E-state index in [0.717, 1.165) is 17.7 Å². The molecule has 0 fully saturated rings. The minimum Gasteiger partial charge on any atom is -0.399 e. The lowest BCUT2D eigenvalue weighted by molar-refractivity contribution is 0.934. The Morgan fingerprint density at radius 1 is 1.45 bits per heavy atom. The zero-order chi connectivity index (χ0) is 8.27. The van der Waals surface area contributed by atoms with E-state index < -0.39 is 0 Å². The fraction of sp³-hybridized carbons (Fsp3) is 0.333. The zero-order valence-electron chi connectivity index (χ0n) is 6.55. The van der Waals surface area contributed by atoms with Crippen LogP contribution >= 0.6 is 11.6 Å². The number of alkyl halides is 1. The lowest BCUT2D eigenvalue weighted by atomic mass is 10.1. The highest BCUT2D eigenvalue weighted by molar-refractivity contribution is 6.20. The van der Waals surface area contributed by atoms with Crippen molar-refractivity contribution in [1.29, 1.82) is 0 Å². The van der Waals surface area contributed by atoms with Gasteiger partial charge in [-0.15, -0.1) is 11.6 Å². The molecule has 60 valence electrons. The molecule has 0 amide bonds. The molecule has 1 rings (SSSR count). The molecule has 0 aromatic heterocycles. The molecule has 2 N–H and O–H groups in total. The Morgan fingerprint density at radius 2 is 2.09 bits per heavy atom. The van der Waals surface area contributed by atoms with Crippen LogP contribution in [-0.2, 0) is 6.42 Å². The van der Waals surface area contributed by atoms with Crippen molar-refractivity contribution in [3.8, 4) is 0 Å². The summed E-state index contributed by atoms with van der Waals surface area (Å²) in [6.45, 7) is 1.97. The van der Waals surface area contributed by atoms with E-state index in [1.165, 1.54) is 0 Å². The molecule has 1 unspecified atom stereocenters. The third kappa shape index (κ3) is 2.43. The fourth-order valence-corrected chi connectivity index (χ4v) is 1.19. The van der Waals surface area contributed by atoms with Crippen LogP contribution in [0.4, 0.5) is 5.69 Å². The summed E-state index contributed by atoms with van der Waals surface area (Å²) in [7, 11) is 0. The molecule has 2 heteroatoms. The Kier molecular flexibility index (Phi) is 2.77. The van der Waals surface area contributed by atoms with Gasteiger partial charge in [-0.05, 0) is 25.0 Å². The minimum atomic E-state index is 0.152. The van der Waals surface area contributed by atoms with E-state index in [-0.39, 0.29) is 5.38 Å². The SMILES string of the molecule is CC(Cl)Cc1ccccc1N. The van der Waals surface area contributed by atoms with Gasteiger partial charge in [0.15, 0.2) is 0 Å². The van der Waals surface area contributed by atoms with Crippen LogP contribution in [0.15, 0.2) is 24.3 Å². The molecule has 0 saturated heterocycles. The van der Waals surface area contributed by atoms with Crippen LogP contribution < -0.4 is 5.73 Å². The molecular weight excluding hydrogens is 158 g/mol. The van der Waals surface area contributed by atoms with Crippen LogP contribution in [0.2, 0.25) is 0 Å². The first-order chi connectivity index (χ1) is 5.20. The molecular formula is C9H12ClN. The Morgan fingerprint density at radius 3 is 2.64 bits per heavy atom. The largest absolute Gasteiger partial charge is 0.399 e. The number of halogens is 1. The van der Waals surface area contributed by atoms with Gasteiger partial charge in [-0.1, -0.05) is 18.2 Å². The summed E-state index contributed by atoms with van der Waals surface area (Å²) in [5, 5.41) is 0.152. The summed E-state index contributed by atoms with van der Waals surface area (Å²) >= 11 is 5.83. The predicted octanol–water partition coefficient (Wildman–Crippen LogP) is 2.44. The fourth-order valence-electron chi connectivity index (χ4n) is 1.02. The summed E-state index contributed by atoms with van der Waals surface area (Å²) < 4.78 is 0. The summed E-state index contributed by atoms with van der Waals surface area (Å²) in [5.74, 6) is 0. The van der Waals surface area contributed by atoms with Gasteiger partial charge < -0.3 is 5.73 Å². The molecule has 0 radical (unpaired) electrons. The van der Waals surface area contributed by atoms with Gasteiger partial charge in [0.25, 0.3) is 0 Å². The molecule has 0 aliphatic heterocycles. The first-order valence-corrected chi connectivity index (χ1v) is 4.11. The number of hydrogen-bond donors (Lipinski definition) is 1. The van der Waals surface area contributed by atoms with Crippen molar-refractivity contribution in [2.75, 3.05) is 5.73 Å². The van der Waals surface area contributed by atoms with Crippen LogP contribution in [0.5, 0.6) is 0 Å². The Hall–Kier alpha value is -0.690.